The number of nitrogens with one attached hydrogen (secondary N) is 1. The number of rotatable bonds is 5. The zero-order chi connectivity index (χ0) is 12.1. The zero-order valence-electron chi connectivity index (χ0n) is 9.49. The van der Waals surface area contributed by atoms with E-state index in [9.17, 15) is 0 Å². The lowest BCUT2D eigenvalue weighted by Gasteiger charge is -2.19. The maximum absolute atomic E-state index is 6.16. The van der Waals surface area contributed by atoms with Gasteiger partial charge in [0, 0.05) is 10.5 Å². The van der Waals surface area contributed by atoms with Crippen LogP contribution in [0.3, 0.4) is 0 Å². The van der Waals surface area contributed by atoms with E-state index in [0.717, 1.165) is 29.4 Å². The van der Waals surface area contributed by atoms with Crippen molar-refractivity contribution in [2.45, 2.75) is 39.2 Å². The van der Waals surface area contributed by atoms with Crippen LogP contribution in [-0.4, -0.2) is 6.04 Å². The van der Waals surface area contributed by atoms with Gasteiger partial charge in [-0.05, 0) is 25.0 Å². The van der Waals surface area contributed by atoms with Gasteiger partial charge in [0.25, 0.3) is 0 Å². The van der Waals surface area contributed by atoms with E-state index in [0.29, 0.717) is 16.1 Å². The molecule has 1 atom stereocenters. The lowest BCUT2D eigenvalue weighted by atomic mass is 10.1. The van der Waals surface area contributed by atoms with Crippen molar-refractivity contribution < 1.29 is 0 Å². The smallest absolute Gasteiger partial charge is 0.0721 e. The van der Waals surface area contributed by atoms with Gasteiger partial charge in [-0.25, -0.2) is 0 Å². The predicted molar refractivity (Wildman–Crippen MR) is 76.8 cm³/mol. The minimum atomic E-state index is 0.432. The average Bonchev–Trinajstić information content (AvgIpc) is 2.21. The fourth-order valence-electron chi connectivity index (χ4n) is 1.61. The van der Waals surface area contributed by atoms with Crippen molar-refractivity contribution in [3.63, 3.8) is 0 Å². The highest BCUT2D eigenvalue weighted by molar-refractivity contribution is 9.10. The van der Waals surface area contributed by atoms with Crippen LogP contribution < -0.4 is 5.32 Å². The highest BCUT2D eigenvalue weighted by atomic mass is 79.9. The molecule has 0 spiro atoms. The topological polar surface area (TPSA) is 12.0 Å². The number of anilines is 1. The molecule has 0 amide bonds. The van der Waals surface area contributed by atoms with Gasteiger partial charge in [-0.2, -0.15) is 0 Å². The Kier molecular flexibility index (Phi) is 5.95. The number of hydrogen-bond donors (Lipinski definition) is 1. The van der Waals surface area contributed by atoms with Gasteiger partial charge in [0.15, 0.2) is 0 Å². The molecule has 1 aromatic rings. The first kappa shape index (κ1) is 14.1. The SMILES string of the molecule is CCCC(CC)Nc1c(Cl)cc(Br)cc1Cl. The molecule has 1 unspecified atom stereocenters. The van der Waals surface area contributed by atoms with Crippen LogP contribution in [0.2, 0.25) is 10.0 Å². The molecule has 0 aliphatic heterocycles. The summed E-state index contributed by atoms with van der Waals surface area (Å²) >= 11 is 15.7. The highest BCUT2D eigenvalue weighted by Gasteiger charge is 2.11. The molecule has 0 aliphatic rings. The van der Waals surface area contributed by atoms with Crippen molar-refractivity contribution in [3.8, 4) is 0 Å². The molecule has 1 nitrogen and oxygen atoms in total. The van der Waals surface area contributed by atoms with Gasteiger partial charge in [-0.1, -0.05) is 59.4 Å². The molecule has 0 aromatic heterocycles. The number of benzene rings is 1. The van der Waals surface area contributed by atoms with Gasteiger partial charge in [0.05, 0.1) is 15.7 Å². The van der Waals surface area contributed by atoms with Crippen LogP contribution in [0.25, 0.3) is 0 Å². The third-order valence-corrected chi connectivity index (χ3v) is 3.54. The Bertz CT molecular complexity index is 332. The van der Waals surface area contributed by atoms with Gasteiger partial charge in [-0.15, -0.1) is 0 Å². The largest absolute Gasteiger partial charge is 0.380 e. The summed E-state index contributed by atoms with van der Waals surface area (Å²) in [5.41, 5.74) is 0.840. The second-order valence-corrected chi connectivity index (χ2v) is 5.51. The zero-order valence-corrected chi connectivity index (χ0v) is 12.6. The van der Waals surface area contributed by atoms with E-state index >= 15 is 0 Å². The first-order valence-corrected chi connectivity index (χ1v) is 7.04. The van der Waals surface area contributed by atoms with Gasteiger partial charge in [-0.3, -0.25) is 0 Å². The fraction of sp³-hybridized carbons (Fsp3) is 0.500. The molecule has 0 saturated carbocycles. The monoisotopic (exact) mass is 323 g/mol. The van der Waals surface area contributed by atoms with Crippen LogP contribution >= 0.6 is 39.1 Å². The Morgan fingerprint density at radius 1 is 1.25 bits per heavy atom. The first-order chi connectivity index (χ1) is 7.58. The molecule has 4 heteroatoms. The van der Waals surface area contributed by atoms with E-state index in [2.05, 4.69) is 35.1 Å². The Labute approximate surface area is 116 Å². The molecule has 1 rings (SSSR count). The Morgan fingerprint density at radius 3 is 2.25 bits per heavy atom. The Balaban J connectivity index is 2.87. The molecule has 0 saturated heterocycles. The molecule has 0 radical (unpaired) electrons. The maximum atomic E-state index is 6.16. The Morgan fingerprint density at radius 2 is 1.81 bits per heavy atom. The molecule has 0 aliphatic carbocycles. The van der Waals surface area contributed by atoms with E-state index in [4.69, 9.17) is 23.2 Å². The van der Waals surface area contributed by atoms with E-state index in [1.807, 2.05) is 12.1 Å². The van der Waals surface area contributed by atoms with Crippen molar-refractivity contribution in [1.82, 2.24) is 0 Å². The lowest BCUT2D eigenvalue weighted by molar-refractivity contribution is 0.623. The van der Waals surface area contributed by atoms with E-state index in [-0.39, 0.29) is 0 Å². The maximum Gasteiger partial charge on any atom is 0.0721 e. The van der Waals surface area contributed by atoms with Gasteiger partial charge >= 0.3 is 0 Å². The first-order valence-electron chi connectivity index (χ1n) is 5.49. The van der Waals surface area contributed by atoms with Crippen molar-refractivity contribution in [2.24, 2.45) is 0 Å². The normalized spacial score (nSPS) is 12.6. The second kappa shape index (κ2) is 6.73. The summed E-state index contributed by atoms with van der Waals surface area (Å²) in [5.74, 6) is 0. The number of halogens is 3. The second-order valence-electron chi connectivity index (χ2n) is 3.78. The fourth-order valence-corrected chi connectivity index (χ4v) is 2.93. The molecule has 90 valence electrons. The summed E-state index contributed by atoms with van der Waals surface area (Å²) < 4.78 is 0.900. The van der Waals surface area contributed by atoms with Crippen molar-refractivity contribution in [2.75, 3.05) is 5.32 Å². The summed E-state index contributed by atoms with van der Waals surface area (Å²) in [7, 11) is 0. The van der Waals surface area contributed by atoms with Crippen LogP contribution in [0.5, 0.6) is 0 Å². The van der Waals surface area contributed by atoms with E-state index in [1.165, 1.54) is 0 Å². The quantitative estimate of drug-likeness (QED) is 0.727. The number of hydrogen-bond acceptors (Lipinski definition) is 1. The summed E-state index contributed by atoms with van der Waals surface area (Å²) in [6, 6.07) is 4.14. The van der Waals surface area contributed by atoms with E-state index < -0.39 is 0 Å². The molecule has 0 heterocycles. The molecule has 0 bridgehead atoms. The minimum Gasteiger partial charge on any atom is -0.380 e. The van der Waals surface area contributed by atoms with Crippen LogP contribution in [0.1, 0.15) is 33.1 Å². The molecule has 0 fully saturated rings. The molecule has 1 N–H and O–H groups in total. The van der Waals surface area contributed by atoms with Gasteiger partial charge in [0.2, 0.25) is 0 Å². The summed E-state index contributed by atoms with van der Waals surface area (Å²) in [5, 5.41) is 4.73. The summed E-state index contributed by atoms with van der Waals surface area (Å²) in [6.07, 6.45) is 3.34. The predicted octanol–water partition coefficient (Wildman–Crippen LogP) is 5.75. The lowest BCUT2D eigenvalue weighted by Crippen LogP contribution is -2.18. The molecule has 1 aromatic carbocycles. The van der Waals surface area contributed by atoms with E-state index in [1.54, 1.807) is 0 Å². The Hall–Kier alpha value is 0.0800. The van der Waals surface area contributed by atoms with Crippen LogP contribution in [0, 0.1) is 0 Å². The van der Waals surface area contributed by atoms with Crippen molar-refractivity contribution in [1.29, 1.82) is 0 Å². The minimum absolute atomic E-state index is 0.432. The molecule has 16 heavy (non-hydrogen) atoms. The van der Waals surface area contributed by atoms with Crippen LogP contribution in [-0.2, 0) is 0 Å². The standard InChI is InChI=1S/C12H16BrCl2N/c1-3-5-9(4-2)16-12-10(14)6-8(13)7-11(12)15/h6-7,9,16H,3-5H2,1-2H3. The summed E-state index contributed by atoms with van der Waals surface area (Å²) in [6.45, 7) is 4.34. The van der Waals surface area contributed by atoms with Gasteiger partial charge < -0.3 is 5.32 Å². The third kappa shape index (κ3) is 3.83. The van der Waals surface area contributed by atoms with Gasteiger partial charge in [0.1, 0.15) is 0 Å². The third-order valence-electron chi connectivity index (χ3n) is 2.49. The average molecular weight is 325 g/mol. The van der Waals surface area contributed by atoms with Crippen molar-refractivity contribution in [3.05, 3.63) is 26.7 Å². The van der Waals surface area contributed by atoms with Crippen LogP contribution in [0.15, 0.2) is 16.6 Å². The van der Waals surface area contributed by atoms with Crippen LogP contribution in [0.4, 0.5) is 5.69 Å². The van der Waals surface area contributed by atoms with Crippen molar-refractivity contribution >= 4 is 44.8 Å². The molecular weight excluding hydrogens is 309 g/mol. The highest BCUT2D eigenvalue weighted by Crippen LogP contribution is 2.34. The summed E-state index contributed by atoms with van der Waals surface area (Å²) in [4.78, 5) is 0. The molecular formula is C12H16BrCl2N.